The van der Waals surface area contributed by atoms with Crippen molar-refractivity contribution in [3.05, 3.63) is 59.7 Å². The summed E-state index contributed by atoms with van der Waals surface area (Å²) in [7, 11) is 0. The van der Waals surface area contributed by atoms with Crippen LogP contribution in [-0.2, 0) is 4.79 Å². The molecular formula is C21H20N2O4S. The number of Topliss-reactive ketones (excluding diaryl/α,β-unsaturated/α-hetero) is 2. The SMILES string of the molecule is CCOc1ccc(C(=O)CC2SC(=Nc3ccc(C(C)=O)cc3)NC2=O)cc1. The van der Waals surface area contributed by atoms with Crippen molar-refractivity contribution in [3.8, 4) is 5.75 Å². The first-order chi connectivity index (χ1) is 13.5. The molecule has 2 aromatic rings. The van der Waals surface area contributed by atoms with Crippen LogP contribution in [0.15, 0.2) is 53.5 Å². The summed E-state index contributed by atoms with van der Waals surface area (Å²) in [5.41, 5.74) is 1.78. The Balaban J connectivity index is 1.63. The second-order valence-corrected chi connectivity index (χ2v) is 7.39. The molecule has 1 heterocycles. The van der Waals surface area contributed by atoms with Gasteiger partial charge in [-0.25, -0.2) is 4.99 Å². The lowest BCUT2D eigenvalue weighted by atomic mass is 10.1. The molecule has 0 bridgehead atoms. The van der Waals surface area contributed by atoms with Crippen LogP contribution in [-0.4, -0.2) is 34.5 Å². The van der Waals surface area contributed by atoms with Gasteiger partial charge in [0, 0.05) is 17.5 Å². The Bertz CT molecular complexity index is 920. The number of ketones is 2. The summed E-state index contributed by atoms with van der Waals surface area (Å²) in [6.07, 6.45) is 0.0901. The van der Waals surface area contributed by atoms with Crippen LogP contribution in [0.4, 0.5) is 5.69 Å². The number of rotatable bonds is 7. The summed E-state index contributed by atoms with van der Waals surface area (Å²) in [6, 6.07) is 13.7. The zero-order valence-electron chi connectivity index (χ0n) is 15.6. The molecule has 1 fully saturated rings. The van der Waals surface area contributed by atoms with Gasteiger partial charge in [0.2, 0.25) is 5.91 Å². The fourth-order valence-corrected chi connectivity index (χ4v) is 3.66. The summed E-state index contributed by atoms with van der Waals surface area (Å²) in [5, 5.41) is 2.64. The predicted molar refractivity (Wildman–Crippen MR) is 110 cm³/mol. The minimum absolute atomic E-state index is 0.0180. The van der Waals surface area contributed by atoms with Crippen molar-refractivity contribution < 1.29 is 19.1 Å². The second-order valence-electron chi connectivity index (χ2n) is 6.20. The number of amidine groups is 1. The van der Waals surface area contributed by atoms with E-state index in [9.17, 15) is 14.4 Å². The van der Waals surface area contributed by atoms with Crippen LogP contribution >= 0.6 is 11.8 Å². The van der Waals surface area contributed by atoms with E-state index in [1.165, 1.54) is 18.7 Å². The zero-order chi connectivity index (χ0) is 20.1. The number of benzene rings is 2. The highest BCUT2D eigenvalue weighted by molar-refractivity contribution is 8.15. The molecule has 1 aliphatic heterocycles. The largest absolute Gasteiger partial charge is 0.494 e. The van der Waals surface area contributed by atoms with Crippen molar-refractivity contribution in [2.24, 2.45) is 4.99 Å². The fraction of sp³-hybridized carbons (Fsp3) is 0.238. The van der Waals surface area contributed by atoms with E-state index in [2.05, 4.69) is 10.3 Å². The lowest BCUT2D eigenvalue weighted by Gasteiger charge is -2.06. The van der Waals surface area contributed by atoms with Gasteiger partial charge in [0.05, 0.1) is 17.5 Å². The highest BCUT2D eigenvalue weighted by Crippen LogP contribution is 2.27. The summed E-state index contributed by atoms with van der Waals surface area (Å²) in [5.74, 6) is 0.346. The number of carbonyl (C=O) groups excluding carboxylic acids is 3. The molecule has 7 heteroatoms. The molecule has 1 N–H and O–H groups in total. The Morgan fingerprint density at radius 3 is 2.32 bits per heavy atom. The Morgan fingerprint density at radius 1 is 1.07 bits per heavy atom. The molecule has 0 spiro atoms. The molecule has 1 unspecified atom stereocenters. The van der Waals surface area contributed by atoms with E-state index >= 15 is 0 Å². The molecule has 2 aromatic carbocycles. The summed E-state index contributed by atoms with van der Waals surface area (Å²) >= 11 is 1.24. The summed E-state index contributed by atoms with van der Waals surface area (Å²) in [4.78, 5) is 40.4. The minimum atomic E-state index is -0.519. The van der Waals surface area contributed by atoms with E-state index in [-0.39, 0.29) is 23.9 Å². The van der Waals surface area contributed by atoms with Crippen molar-refractivity contribution >= 4 is 40.1 Å². The highest BCUT2D eigenvalue weighted by Gasteiger charge is 2.32. The van der Waals surface area contributed by atoms with Crippen LogP contribution in [0.5, 0.6) is 5.75 Å². The molecule has 3 rings (SSSR count). The maximum absolute atomic E-state index is 12.5. The van der Waals surface area contributed by atoms with Crippen LogP contribution in [0, 0.1) is 0 Å². The van der Waals surface area contributed by atoms with E-state index in [4.69, 9.17) is 4.74 Å². The van der Waals surface area contributed by atoms with Crippen LogP contribution < -0.4 is 10.1 Å². The van der Waals surface area contributed by atoms with Gasteiger partial charge in [0.1, 0.15) is 5.75 Å². The Labute approximate surface area is 167 Å². The van der Waals surface area contributed by atoms with Crippen molar-refractivity contribution in [2.75, 3.05) is 6.61 Å². The Morgan fingerprint density at radius 2 is 1.71 bits per heavy atom. The smallest absolute Gasteiger partial charge is 0.240 e. The molecule has 0 aliphatic carbocycles. The number of thioether (sulfide) groups is 1. The van der Waals surface area contributed by atoms with Gasteiger partial charge in [-0.05, 0) is 62.4 Å². The van der Waals surface area contributed by atoms with Gasteiger partial charge < -0.3 is 10.1 Å². The first-order valence-corrected chi connectivity index (χ1v) is 9.77. The lowest BCUT2D eigenvalue weighted by Crippen LogP contribution is -2.26. The third kappa shape index (κ3) is 4.86. The van der Waals surface area contributed by atoms with Crippen LogP contribution in [0.1, 0.15) is 41.0 Å². The fourth-order valence-electron chi connectivity index (χ4n) is 2.67. The van der Waals surface area contributed by atoms with Gasteiger partial charge in [-0.3, -0.25) is 14.4 Å². The normalized spacial score (nSPS) is 17.4. The number of hydrogen-bond acceptors (Lipinski definition) is 6. The number of ether oxygens (including phenoxy) is 1. The molecule has 0 saturated carbocycles. The van der Waals surface area contributed by atoms with Crippen molar-refractivity contribution in [2.45, 2.75) is 25.5 Å². The first kappa shape index (κ1) is 19.8. The first-order valence-electron chi connectivity index (χ1n) is 8.89. The van der Waals surface area contributed by atoms with Crippen molar-refractivity contribution in [3.63, 3.8) is 0 Å². The van der Waals surface area contributed by atoms with Gasteiger partial charge >= 0.3 is 0 Å². The van der Waals surface area contributed by atoms with Gasteiger partial charge in [0.15, 0.2) is 16.7 Å². The number of carbonyl (C=O) groups is 3. The quantitative estimate of drug-likeness (QED) is 0.720. The van der Waals surface area contributed by atoms with E-state index in [0.717, 1.165) is 0 Å². The lowest BCUT2D eigenvalue weighted by molar-refractivity contribution is -0.118. The van der Waals surface area contributed by atoms with Crippen LogP contribution in [0.3, 0.4) is 0 Å². The van der Waals surface area contributed by atoms with Gasteiger partial charge in [-0.15, -0.1) is 0 Å². The number of nitrogens with one attached hydrogen (secondary N) is 1. The highest BCUT2D eigenvalue weighted by atomic mass is 32.2. The zero-order valence-corrected chi connectivity index (χ0v) is 16.4. The standard InChI is InChI=1S/C21H20N2O4S/c1-3-27-17-10-6-15(7-11-17)18(25)12-19-20(26)23-21(28-19)22-16-8-4-14(5-9-16)13(2)24/h4-11,19H,3,12H2,1-2H3,(H,22,23,26). The van der Waals surface area contributed by atoms with Crippen LogP contribution in [0.2, 0.25) is 0 Å². The summed E-state index contributed by atoms with van der Waals surface area (Å²) in [6.45, 7) is 3.96. The predicted octanol–water partition coefficient (Wildman–Crippen LogP) is 3.78. The van der Waals surface area contributed by atoms with Gasteiger partial charge in [-0.2, -0.15) is 0 Å². The topological polar surface area (TPSA) is 84.8 Å². The Hall–Kier alpha value is -2.93. The summed E-state index contributed by atoms with van der Waals surface area (Å²) < 4.78 is 5.37. The van der Waals surface area contributed by atoms with Gasteiger partial charge in [0.25, 0.3) is 0 Å². The number of amides is 1. The van der Waals surface area contributed by atoms with E-state index < -0.39 is 5.25 Å². The maximum Gasteiger partial charge on any atom is 0.240 e. The third-order valence-electron chi connectivity index (χ3n) is 4.14. The van der Waals surface area contributed by atoms with Crippen molar-refractivity contribution in [1.29, 1.82) is 0 Å². The Kier molecular flexibility index (Phi) is 6.26. The van der Waals surface area contributed by atoms with E-state index in [0.29, 0.717) is 34.3 Å². The maximum atomic E-state index is 12.5. The molecule has 0 radical (unpaired) electrons. The molecular weight excluding hydrogens is 376 g/mol. The molecule has 28 heavy (non-hydrogen) atoms. The average Bonchev–Trinajstić information content (AvgIpc) is 3.01. The second kappa shape index (κ2) is 8.84. The van der Waals surface area contributed by atoms with E-state index in [1.54, 1.807) is 48.5 Å². The van der Waals surface area contributed by atoms with E-state index in [1.807, 2.05) is 6.92 Å². The number of nitrogens with zero attached hydrogens (tertiary/aromatic N) is 1. The molecule has 144 valence electrons. The van der Waals surface area contributed by atoms with Crippen LogP contribution in [0.25, 0.3) is 0 Å². The third-order valence-corrected chi connectivity index (χ3v) is 5.22. The van der Waals surface area contributed by atoms with Crippen molar-refractivity contribution in [1.82, 2.24) is 5.32 Å². The minimum Gasteiger partial charge on any atom is -0.494 e. The average molecular weight is 396 g/mol. The molecule has 1 saturated heterocycles. The molecule has 1 atom stereocenters. The number of hydrogen-bond donors (Lipinski definition) is 1. The molecule has 6 nitrogen and oxygen atoms in total. The monoisotopic (exact) mass is 396 g/mol. The molecule has 1 amide bonds. The number of aliphatic imine (C=N–C) groups is 1. The molecule has 0 aromatic heterocycles. The molecule has 1 aliphatic rings. The van der Waals surface area contributed by atoms with Gasteiger partial charge in [-0.1, -0.05) is 11.8 Å².